The summed E-state index contributed by atoms with van der Waals surface area (Å²) in [5, 5.41) is 0. The predicted molar refractivity (Wildman–Crippen MR) is 75.7 cm³/mol. The Bertz CT molecular complexity index is 208. The van der Waals surface area contributed by atoms with Gasteiger partial charge in [-0.1, -0.05) is 63.8 Å². The predicted octanol–water partition coefficient (Wildman–Crippen LogP) is 5.82. The van der Waals surface area contributed by atoms with E-state index in [0.29, 0.717) is 0 Å². The Morgan fingerprint density at radius 1 is 1.00 bits per heavy atom. The topological polar surface area (TPSA) is 0 Å². The van der Waals surface area contributed by atoms with Gasteiger partial charge in [0.15, 0.2) is 0 Å². The molecule has 0 atom stereocenters. The van der Waals surface area contributed by atoms with E-state index in [1.54, 1.807) is 0 Å². The molecule has 0 spiro atoms. The first-order valence-electron chi connectivity index (χ1n) is 6.81. The van der Waals surface area contributed by atoms with E-state index < -0.39 is 0 Å². The van der Waals surface area contributed by atoms with Crippen molar-refractivity contribution in [2.45, 2.75) is 65.2 Å². The van der Waals surface area contributed by atoms with Crippen molar-refractivity contribution in [1.82, 2.24) is 0 Å². The van der Waals surface area contributed by atoms with Crippen molar-refractivity contribution in [3.63, 3.8) is 0 Å². The minimum atomic E-state index is 1.01. The molecule has 0 saturated heterocycles. The van der Waals surface area contributed by atoms with Crippen LogP contribution in [-0.2, 0) is 0 Å². The molecule has 0 radical (unpaired) electrons. The molecule has 0 bridgehead atoms. The van der Waals surface area contributed by atoms with Crippen molar-refractivity contribution in [2.24, 2.45) is 0 Å². The van der Waals surface area contributed by atoms with Crippen LogP contribution in [0.25, 0.3) is 0 Å². The van der Waals surface area contributed by atoms with Gasteiger partial charge in [-0.25, -0.2) is 0 Å². The van der Waals surface area contributed by atoms with E-state index in [2.05, 4.69) is 38.7 Å². The molecule has 16 heavy (non-hydrogen) atoms. The summed E-state index contributed by atoms with van der Waals surface area (Å²) in [4.78, 5) is 0. The van der Waals surface area contributed by atoms with Gasteiger partial charge in [-0.3, -0.25) is 0 Å². The second kappa shape index (κ2) is 12.3. The molecular formula is C16H28. The van der Waals surface area contributed by atoms with Gasteiger partial charge in [0.25, 0.3) is 0 Å². The van der Waals surface area contributed by atoms with Crippen LogP contribution >= 0.6 is 0 Å². The molecule has 0 N–H and O–H groups in total. The largest absolute Gasteiger partial charge is 0.103 e. The van der Waals surface area contributed by atoms with Crippen molar-refractivity contribution in [2.75, 3.05) is 0 Å². The highest BCUT2D eigenvalue weighted by Gasteiger charge is 1.90. The number of allylic oxidation sites excluding steroid dienone is 5. The van der Waals surface area contributed by atoms with Crippen LogP contribution in [-0.4, -0.2) is 0 Å². The van der Waals surface area contributed by atoms with E-state index in [0.717, 1.165) is 6.42 Å². The van der Waals surface area contributed by atoms with Crippen molar-refractivity contribution in [1.29, 1.82) is 0 Å². The summed E-state index contributed by atoms with van der Waals surface area (Å²) in [5.74, 6) is 0. The lowest BCUT2D eigenvalue weighted by atomic mass is 10.1. The van der Waals surface area contributed by atoms with Gasteiger partial charge in [0.1, 0.15) is 0 Å². The first-order chi connectivity index (χ1) is 7.85. The van der Waals surface area contributed by atoms with Crippen LogP contribution in [0.3, 0.4) is 0 Å². The van der Waals surface area contributed by atoms with Gasteiger partial charge >= 0.3 is 0 Å². The van der Waals surface area contributed by atoms with Gasteiger partial charge in [-0.05, 0) is 31.3 Å². The van der Waals surface area contributed by atoms with Gasteiger partial charge in [-0.15, -0.1) is 6.58 Å². The van der Waals surface area contributed by atoms with Gasteiger partial charge in [-0.2, -0.15) is 0 Å². The summed E-state index contributed by atoms with van der Waals surface area (Å²) < 4.78 is 0. The Balaban J connectivity index is 3.93. The lowest BCUT2D eigenvalue weighted by molar-refractivity contribution is 0.727. The van der Waals surface area contributed by atoms with Crippen LogP contribution in [0.4, 0.5) is 0 Å². The van der Waals surface area contributed by atoms with Crippen molar-refractivity contribution < 1.29 is 0 Å². The van der Waals surface area contributed by atoms with Crippen LogP contribution < -0.4 is 0 Å². The summed E-state index contributed by atoms with van der Waals surface area (Å²) in [5.41, 5.74) is 1.43. The molecule has 0 aliphatic carbocycles. The average molecular weight is 220 g/mol. The van der Waals surface area contributed by atoms with Crippen molar-refractivity contribution in [3.8, 4) is 0 Å². The molecule has 0 heterocycles. The molecule has 0 aromatic heterocycles. The molecule has 0 nitrogen and oxygen atoms in total. The summed E-state index contributed by atoms with van der Waals surface area (Å²) in [6, 6.07) is 0. The standard InChI is InChI=1S/C16H28/c1-4-7-9-11-14-16(13-6-3)15-12-10-8-5-2/h6,11,14-15H,3-5,7-10,12-13H2,1-2H3/b14-11+,16-15+. The lowest BCUT2D eigenvalue weighted by Crippen LogP contribution is -1.79. The number of rotatable bonds is 10. The Labute approximate surface area is 102 Å². The second-order valence-electron chi connectivity index (χ2n) is 4.31. The average Bonchev–Trinajstić information content (AvgIpc) is 2.30. The van der Waals surface area contributed by atoms with E-state index in [1.165, 1.54) is 50.5 Å². The van der Waals surface area contributed by atoms with Gasteiger partial charge < -0.3 is 0 Å². The van der Waals surface area contributed by atoms with Gasteiger partial charge in [0, 0.05) is 0 Å². The first-order valence-corrected chi connectivity index (χ1v) is 6.81. The first kappa shape index (κ1) is 15.2. The molecule has 0 amide bonds. The zero-order chi connectivity index (χ0) is 12.1. The fraction of sp³-hybridized carbons (Fsp3) is 0.625. The summed E-state index contributed by atoms with van der Waals surface area (Å²) >= 11 is 0. The summed E-state index contributed by atoms with van der Waals surface area (Å²) in [7, 11) is 0. The van der Waals surface area contributed by atoms with E-state index >= 15 is 0 Å². The van der Waals surface area contributed by atoms with E-state index in [9.17, 15) is 0 Å². The maximum atomic E-state index is 3.81. The highest BCUT2D eigenvalue weighted by atomic mass is 14.0. The fourth-order valence-corrected chi connectivity index (χ4v) is 1.62. The fourth-order valence-electron chi connectivity index (χ4n) is 1.62. The monoisotopic (exact) mass is 220 g/mol. The van der Waals surface area contributed by atoms with Crippen molar-refractivity contribution in [3.05, 3.63) is 36.5 Å². The molecule has 0 unspecified atom stereocenters. The third-order valence-electron chi connectivity index (χ3n) is 2.65. The minimum Gasteiger partial charge on any atom is -0.103 e. The maximum absolute atomic E-state index is 3.81. The molecule has 0 heteroatoms. The molecule has 92 valence electrons. The molecule has 0 rings (SSSR count). The second-order valence-corrected chi connectivity index (χ2v) is 4.31. The number of unbranched alkanes of at least 4 members (excludes halogenated alkanes) is 5. The SMILES string of the molecule is C=CCC(/C=C/CCCC)=C\CCCCC. The quantitative estimate of drug-likeness (QED) is 0.247. The third kappa shape index (κ3) is 9.76. The highest BCUT2D eigenvalue weighted by Crippen LogP contribution is 2.10. The normalized spacial score (nSPS) is 12.2. The highest BCUT2D eigenvalue weighted by molar-refractivity contribution is 5.20. The van der Waals surface area contributed by atoms with E-state index in [1.807, 2.05) is 6.08 Å². The molecule has 0 aromatic rings. The van der Waals surface area contributed by atoms with Crippen LogP contribution in [0.2, 0.25) is 0 Å². The van der Waals surface area contributed by atoms with Crippen LogP contribution in [0, 0.1) is 0 Å². The number of hydrogen-bond donors (Lipinski definition) is 0. The molecule has 0 aliphatic rings. The minimum absolute atomic E-state index is 1.01. The van der Waals surface area contributed by atoms with Crippen LogP contribution in [0.15, 0.2) is 36.5 Å². The Kier molecular flexibility index (Phi) is 11.7. The van der Waals surface area contributed by atoms with Crippen LogP contribution in [0.1, 0.15) is 65.2 Å². The molecule has 0 aliphatic heterocycles. The Morgan fingerprint density at radius 2 is 1.75 bits per heavy atom. The molecular weight excluding hydrogens is 192 g/mol. The Morgan fingerprint density at radius 3 is 2.38 bits per heavy atom. The Hall–Kier alpha value is -0.780. The van der Waals surface area contributed by atoms with E-state index in [-0.39, 0.29) is 0 Å². The lowest BCUT2D eigenvalue weighted by Gasteiger charge is -1.99. The van der Waals surface area contributed by atoms with Crippen molar-refractivity contribution >= 4 is 0 Å². The van der Waals surface area contributed by atoms with Gasteiger partial charge in [0.05, 0.1) is 0 Å². The number of hydrogen-bond acceptors (Lipinski definition) is 0. The zero-order valence-electron chi connectivity index (χ0n) is 11.2. The van der Waals surface area contributed by atoms with Gasteiger partial charge in [0.2, 0.25) is 0 Å². The smallest absolute Gasteiger partial charge is 0.0103 e. The third-order valence-corrected chi connectivity index (χ3v) is 2.65. The van der Waals surface area contributed by atoms with Crippen LogP contribution in [0.5, 0.6) is 0 Å². The zero-order valence-corrected chi connectivity index (χ0v) is 11.2. The van der Waals surface area contributed by atoms with E-state index in [4.69, 9.17) is 0 Å². The molecule has 0 fully saturated rings. The summed E-state index contributed by atoms with van der Waals surface area (Å²) in [6.07, 6.45) is 18.9. The summed E-state index contributed by atoms with van der Waals surface area (Å²) in [6.45, 7) is 8.30. The molecule has 0 aromatic carbocycles. The maximum Gasteiger partial charge on any atom is -0.0103 e. The molecule has 0 saturated carbocycles.